The number of rotatable bonds is 4. The SMILES string of the molecule is COC(=O)C1=C(C)N(C[C@@H]2CCCO2)C(=O)N[C@@H]1c1cccc(C(F)(F)F)c1. The van der Waals surface area contributed by atoms with Crippen molar-refractivity contribution in [3.05, 3.63) is 46.7 Å². The molecule has 0 saturated carbocycles. The number of esters is 1. The number of urea groups is 1. The molecular formula is C19H21F3N2O4. The summed E-state index contributed by atoms with van der Waals surface area (Å²) in [6.45, 7) is 2.45. The second-order valence-electron chi connectivity index (χ2n) is 6.74. The molecule has 2 heterocycles. The molecule has 1 aromatic rings. The first-order valence-corrected chi connectivity index (χ1v) is 8.88. The Kier molecular flexibility index (Phi) is 5.64. The van der Waals surface area contributed by atoms with E-state index in [1.807, 2.05) is 0 Å². The fourth-order valence-corrected chi connectivity index (χ4v) is 3.51. The Bertz CT molecular complexity index is 801. The highest BCUT2D eigenvalue weighted by molar-refractivity contribution is 5.95. The van der Waals surface area contributed by atoms with Crippen molar-refractivity contribution in [1.82, 2.24) is 10.2 Å². The summed E-state index contributed by atoms with van der Waals surface area (Å²) in [6.07, 6.45) is -3.00. The van der Waals surface area contributed by atoms with Gasteiger partial charge in [-0.2, -0.15) is 13.2 Å². The molecule has 1 fully saturated rings. The molecule has 0 unspecified atom stereocenters. The molecule has 3 rings (SSSR count). The van der Waals surface area contributed by atoms with Gasteiger partial charge in [-0.3, -0.25) is 4.90 Å². The number of allylic oxidation sites excluding steroid dienone is 1. The van der Waals surface area contributed by atoms with Crippen molar-refractivity contribution in [3.63, 3.8) is 0 Å². The Labute approximate surface area is 160 Å². The minimum Gasteiger partial charge on any atom is -0.466 e. The van der Waals surface area contributed by atoms with E-state index in [-0.39, 0.29) is 23.8 Å². The second-order valence-corrected chi connectivity index (χ2v) is 6.74. The van der Waals surface area contributed by atoms with Crippen molar-refractivity contribution in [2.75, 3.05) is 20.3 Å². The van der Waals surface area contributed by atoms with E-state index in [0.29, 0.717) is 12.3 Å². The van der Waals surface area contributed by atoms with E-state index in [2.05, 4.69) is 5.32 Å². The fourth-order valence-electron chi connectivity index (χ4n) is 3.51. The minimum absolute atomic E-state index is 0.0967. The molecule has 9 heteroatoms. The van der Waals surface area contributed by atoms with Gasteiger partial charge in [0.2, 0.25) is 0 Å². The third-order valence-electron chi connectivity index (χ3n) is 4.96. The summed E-state index contributed by atoms with van der Waals surface area (Å²) < 4.78 is 49.6. The topological polar surface area (TPSA) is 67.9 Å². The predicted octanol–water partition coefficient (Wildman–Crippen LogP) is 3.40. The first kappa shape index (κ1) is 20.2. The van der Waals surface area contributed by atoms with Gasteiger partial charge in [0, 0.05) is 12.3 Å². The van der Waals surface area contributed by atoms with E-state index in [4.69, 9.17) is 9.47 Å². The van der Waals surface area contributed by atoms with Gasteiger partial charge in [0.15, 0.2) is 0 Å². The highest BCUT2D eigenvalue weighted by Crippen LogP contribution is 2.35. The summed E-state index contributed by atoms with van der Waals surface area (Å²) in [5.41, 5.74) is -0.268. The predicted molar refractivity (Wildman–Crippen MR) is 93.1 cm³/mol. The normalized spacial score (nSPS) is 23.0. The Hall–Kier alpha value is -2.55. The lowest BCUT2D eigenvalue weighted by Crippen LogP contribution is -2.50. The quantitative estimate of drug-likeness (QED) is 0.790. The van der Waals surface area contributed by atoms with Gasteiger partial charge in [-0.1, -0.05) is 12.1 Å². The van der Waals surface area contributed by atoms with Crippen molar-refractivity contribution < 1.29 is 32.2 Å². The van der Waals surface area contributed by atoms with Crippen LogP contribution in [0.15, 0.2) is 35.5 Å². The van der Waals surface area contributed by atoms with Gasteiger partial charge in [0.25, 0.3) is 0 Å². The Morgan fingerprint density at radius 1 is 1.39 bits per heavy atom. The number of hydrogen-bond donors (Lipinski definition) is 1. The first-order valence-electron chi connectivity index (χ1n) is 8.88. The van der Waals surface area contributed by atoms with Crippen LogP contribution in [0.5, 0.6) is 0 Å². The van der Waals surface area contributed by atoms with E-state index in [9.17, 15) is 22.8 Å². The third-order valence-corrected chi connectivity index (χ3v) is 4.96. The van der Waals surface area contributed by atoms with Gasteiger partial charge in [0.1, 0.15) is 0 Å². The van der Waals surface area contributed by atoms with Crippen LogP contribution < -0.4 is 5.32 Å². The number of carbonyl (C=O) groups is 2. The summed E-state index contributed by atoms with van der Waals surface area (Å²) in [7, 11) is 1.19. The molecule has 152 valence electrons. The molecule has 1 aromatic carbocycles. The van der Waals surface area contributed by atoms with Crippen LogP contribution in [-0.4, -0.2) is 43.3 Å². The lowest BCUT2D eigenvalue weighted by molar-refractivity contribution is -0.137. The van der Waals surface area contributed by atoms with Crippen molar-refractivity contribution >= 4 is 12.0 Å². The maximum absolute atomic E-state index is 13.1. The average Bonchev–Trinajstić information content (AvgIpc) is 3.17. The molecule has 6 nitrogen and oxygen atoms in total. The van der Waals surface area contributed by atoms with Crippen LogP contribution in [0.3, 0.4) is 0 Å². The number of carbonyl (C=O) groups excluding carboxylic acids is 2. The van der Waals surface area contributed by atoms with Crippen molar-refractivity contribution in [1.29, 1.82) is 0 Å². The van der Waals surface area contributed by atoms with Crippen LogP contribution in [0.2, 0.25) is 0 Å². The van der Waals surface area contributed by atoms with Gasteiger partial charge >= 0.3 is 18.2 Å². The lowest BCUT2D eigenvalue weighted by atomic mass is 9.93. The molecule has 2 aliphatic rings. The number of hydrogen-bond acceptors (Lipinski definition) is 4. The number of benzene rings is 1. The van der Waals surface area contributed by atoms with Gasteiger partial charge in [-0.25, -0.2) is 9.59 Å². The van der Waals surface area contributed by atoms with E-state index < -0.39 is 29.8 Å². The standard InChI is InChI=1S/C19H21F3N2O4/c1-11-15(17(25)27-2)16(12-5-3-6-13(9-12)19(20,21)22)23-18(26)24(11)10-14-7-4-8-28-14/h3,5-6,9,14,16H,4,7-8,10H2,1-2H3,(H,23,26)/t14-,16+/m0/s1. The Balaban J connectivity index is 2.00. The Morgan fingerprint density at radius 3 is 2.75 bits per heavy atom. The van der Waals surface area contributed by atoms with Crippen LogP contribution in [0.25, 0.3) is 0 Å². The van der Waals surface area contributed by atoms with Crippen LogP contribution in [0, 0.1) is 0 Å². The van der Waals surface area contributed by atoms with Crippen LogP contribution >= 0.6 is 0 Å². The summed E-state index contributed by atoms with van der Waals surface area (Å²) in [6, 6.07) is 3.01. The molecule has 1 saturated heterocycles. The van der Waals surface area contributed by atoms with Crippen LogP contribution in [0.1, 0.15) is 36.9 Å². The zero-order valence-corrected chi connectivity index (χ0v) is 15.5. The molecule has 0 radical (unpaired) electrons. The molecule has 0 aliphatic carbocycles. The van der Waals surface area contributed by atoms with Gasteiger partial charge in [-0.05, 0) is 37.5 Å². The molecule has 2 amide bonds. The molecule has 0 bridgehead atoms. The number of nitrogens with zero attached hydrogens (tertiary/aromatic N) is 1. The van der Waals surface area contributed by atoms with Crippen LogP contribution in [-0.2, 0) is 20.4 Å². The van der Waals surface area contributed by atoms with Gasteiger partial charge < -0.3 is 14.8 Å². The summed E-state index contributed by atoms with van der Waals surface area (Å²) >= 11 is 0. The highest BCUT2D eigenvalue weighted by atomic mass is 19.4. The summed E-state index contributed by atoms with van der Waals surface area (Å²) in [5, 5.41) is 2.64. The maximum Gasteiger partial charge on any atom is 0.416 e. The van der Waals surface area contributed by atoms with Crippen molar-refractivity contribution in [2.24, 2.45) is 0 Å². The first-order chi connectivity index (χ1) is 13.2. The van der Waals surface area contributed by atoms with Gasteiger partial charge in [-0.15, -0.1) is 0 Å². The maximum atomic E-state index is 13.1. The lowest BCUT2D eigenvalue weighted by Gasteiger charge is -2.36. The number of methoxy groups -OCH3 is 1. The van der Waals surface area contributed by atoms with E-state index in [1.165, 1.54) is 24.1 Å². The molecule has 0 aromatic heterocycles. The van der Waals surface area contributed by atoms with Crippen molar-refractivity contribution in [2.45, 2.75) is 38.1 Å². The number of amides is 2. The van der Waals surface area contributed by atoms with Crippen molar-refractivity contribution in [3.8, 4) is 0 Å². The molecule has 2 atom stereocenters. The number of halogens is 3. The largest absolute Gasteiger partial charge is 0.466 e. The fraction of sp³-hybridized carbons (Fsp3) is 0.474. The summed E-state index contributed by atoms with van der Waals surface area (Å²) in [5.74, 6) is -0.711. The monoisotopic (exact) mass is 398 g/mol. The number of nitrogens with one attached hydrogen (secondary N) is 1. The zero-order valence-electron chi connectivity index (χ0n) is 15.5. The minimum atomic E-state index is -4.54. The molecule has 2 aliphatic heterocycles. The molecule has 1 N–H and O–H groups in total. The summed E-state index contributed by atoms with van der Waals surface area (Å²) in [4.78, 5) is 26.5. The second kappa shape index (κ2) is 7.83. The van der Waals surface area contributed by atoms with Crippen LogP contribution in [0.4, 0.5) is 18.0 Å². The molecular weight excluding hydrogens is 377 g/mol. The Morgan fingerprint density at radius 2 is 2.14 bits per heavy atom. The number of ether oxygens (including phenoxy) is 2. The van der Waals surface area contributed by atoms with E-state index >= 15 is 0 Å². The number of alkyl halides is 3. The molecule has 0 spiro atoms. The zero-order chi connectivity index (χ0) is 20.5. The third kappa shape index (κ3) is 3.99. The van der Waals surface area contributed by atoms with E-state index in [0.717, 1.165) is 25.0 Å². The smallest absolute Gasteiger partial charge is 0.416 e. The van der Waals surface area contributed by atoms with E-state index in [1.54, 1.807) is 6.92 Å². The average molecular weight is 398 g/mol. The highest BCUT2D eigenvalue weighted by Gasteiger charge is 2.38. The van der Waals surface area contributed by atoms with Gasteiger partial charge in [0.05, 0.1) is 36.9 Å². The molecule has 28 heavy (non-hydrogen) atoms.